The molecule has 2 aromatic heterocycles. The van der Waals surface area contributed by atoms with Gasteiger partial charge in [0.25, 0.3) is 0 Å². The average Bonchev–Trinajstić information content (AvgIpc) is 3.19. The average molecular weight is 397 g/mol. The number of fused-ring (bicyclic) bond motifs is 1. The Morgan fingerprint density at radius 2 is 1.93 bits per heavy atom. The normalized spacial score (nSPS) is 20.1. The maximum Gasteiger partial charge on any atom is 0.226 e. The van der Waals surface area contributed by atoms with Gasteiger partial charge in [-0.15, -0.1) is 10.2 Å². The third-order valence-electron chi connectivity index (χ3n) is 6.45. The second-order valence-corrected chi connectivity index (χ2v) is 8.33. The molecule has 2 aromatic rings. The number of rotatable bonds is 6. The van der Waals surface area contributed by atoms with E-state index in [1.165, 1.54) is 12.0 Å². The van der Waals surface area contributed by atoms with Gasteiger partial charge in [-0.25, -0.2) is 0 Å². The number of nitrogens with zero attached hydrogens (tertiary/aromatic N) is 6. The Bertz CT molecular complexity index is 816. The van der Waals surface area contributed by atoms with Crippen molar-refractivity contribution in [2.24, 2.45) is 5.92 Å². The summed E-state index contributed by atoms with van der Waals surface area (Å²) in [6.07, 6.45) is 7.86. The zero-order chi connectivity index (χ0) is 20.2. The Balaban J connectivity index is 1.43. The number of carbonyl (C=O) groups is 1. The minimum absolute atomic E-state index is 0.129. The monoisotopic (exact) mass is 396 g/mol. The lowest BCUT2D eigenvalue weighted by Crippen LogP contribution is -2.42. The molecule has 1 amide bonds. The maximum atomic E-state index is 12.8. The van der Waals surface area contributed by atoms with Gasteiger partial charge >= 0.3 is 0 Å². The Morgan fingerprint density at radius 3 is 2.69 bits per heavy atom. The summed E-state index contributed by atoms with van der Waals surface area (Å²) in [5.74, 6) is 2.86. The zero-order valence-corrected chi connectivity index (χ0v) is 17.6. The van der Waals surface area contributed by atoms with Crippen LogP contribution in [0.1, 0.15) is 62.7 Å². The lowest BCUT2D eigenvalue weighted by atomic mass is 9.96. The van der Waals surface area contributed by atoms with Gasteiger partial charge in [0, 0.05) is 50.4 Å². The van der Waals surface area contributed by atoms with E-state index in [0.29, 0.717) is 12.5 Å². The first-order valence-corrected chi connectivity index (χ1v) is 11.0. The minimum atomic E-state index is 0.129. The summed E-state index contributed by atoms with van der Waals surface area (Å²) in [6.45, 7) is 9.45. The fourth-order valence-electron chi connectivity index (χ4n) is 4.72. The molecule has 29 heavy (non-hydrogen) atoms. The molecule has 0 saturated carbocycles. The fraction of sp³-hybridized carbons (Fsp3) is 0.636. The van der Waals surface area contributed by atoms with Crippen LogP contribution in [-0.4, -0.2) is 55.1 Å². The van der Waals surface area contributed by atoms with Gasteiger partial charge in [0.15, 0.2) is 5.82 Å². The summed E-state index contributed by atoms with van der Waals surface area (Å²) in [5, 5.41) is 9.06. The molecule has 7 heteroatoms. The molecule has 0 aromatic carbocycles. The van der Waals surface area contributed by atoms with E-state index in [1.807, 2.05) is 17.3 Å². The van der Waals surface area contributed by atoms with E-state index in [-0.39, 0.29) is 11.8 Å². The Morgan fingerprint density at radius 1 is 1.14 bits per heavy atom. The van der Waals surface area contributed by atoms with Gasteiger partial charge in [-0.05, 0) is 49.9 Å². The van der Waals surface area contributed by atoms with Crippen molar-refractivity contribution in [1.29, 1.82) is 0 Å². The highest BCUT2D eigenvalue weighted by Crippen LogP contribution is 2.29. The standard InChI is InChI=1S/C22H32N6O/c1-3-18(4-2)22(29)27-12-13-28-20(16-27)24-25-21(28)19-6-5-11-26(15-19)14-17-7-9-23-10-8-17/h7-10,18-19H,3-6,11-16H2,1-2H3. The Labute approximate surface area is 173 Å². The van der Waals surface area contributed by atoms with Crippen LogP contribution in [0.2, 0.25) is 0 Å². The molecule has 1 unspecified atom stereocenters. The van der Waals surface area contributed by atoms with E-state index in [0.717, 1.165) is 63.6 Å². The SMILES string of the molecule is CCC(CC)C(=O)N1CCn2c(nnc2C2CCCN(Cc3ccncc3)C2)C1. The van der Waals surface area contributed by atoms with E-state index < -0.39 is 0 Å². The topological polar surface area (TPSA) is 67.2 Å². The predicted molar refractivity (Wildman–Crippen MR) is 111 cm³/mol. The largest absolute Gasteiger partial charge is 0.333 e. The van der Waals surface area contributed by atoms with Crippen LogP contribution in [0.3, 0.4) is 0 Å². The summed E-state index contributed by atoms with van der Waals surface area (Å²) < 4.78 is 2.28. The molecular weight excluding hydrogens is 364 g/mol. The lowest BCUT2D eigenvalue weighted by Gasteiger charge is -2.34. The van der Waals surface area contributed by atoms with E-state index in [9.17, 15) is 4.79 Å². The molecule has 1 fully saturated rings. The quantitative estimate of drug-likeness (QED) is 0.751. The zero-order valence-electron chi connectivity index (χ0n) is 17.6. The number of likely N-dealkylation sites (tertiary alicyclic amines) is 1. The minimum Gasteiger partial charge on any atom is -0.333 e. The molecule has 4 heterocycles. The van der Waals surface area contributed by atoms with Gasteiger partial charge in [0.1, 0.15) is 5.82 Å². The summed E-state index contributed by atoms with van der Waals surface area (Å²) in [7, 11) is 0. The van der Waals surface area contributed by atoms with E-state index in [1.54, 1.807) is 0 Å². The van der Waals surface area contributed by atoms with E-state index in [4.69, 9.17) is 0 Å². The van der Waals surface area contributed by atoms with Crippen molar-refractivity contribution in [2.45, 2.75) is 65.1 Å². The highest BCUT2D eigenvalue weighted by atomic mass is 16.2. The third kappa shape index (κ3) is 4.34. The first-order valence-electron chi connectivity index (χ1n) is 11.0. The van der Waals surface area contributed by atoms with Crippen LogP contribution in [-0.2, 0) is 24.4 Å². The van der Waals surface area contributed by atoms with Crippen molar-refractivity contribution in [3.05, 3.63) is 41.7 Å². The van der Waals surface area contributed by atoms with E-state index >= 15 is 0 Å². The molecule has 1 atom stereocenters. The summed E-state index contributed by atoms with van der Waals surface area (Å²) >= 11 is 0. The van der Waals surface area contributed by atoms with Crippen LogP contribution >= 0.6 is 0 Å². The number of piperidine rings is 1. The molecule has 4 rings (SSSR count). The maximum absolute atomic E-state index is 12.8. The molecule has 0 bridgehead atoms. The second kappa shape index (κ2) is 9.03. The number of aromatic nitrogens is 4. The number of pyridine rings is 1. The Hall–Kier alpha value is -2.28. The Kier molecular flexibility index (Phi) is 6.23. The summed E-state index contributed by atoms with van der Waals surface area (Å²) in [5.41, 5.74) is 1.31. The fourth-order valence-corrected chi connectivity index (χ4v) is 4.72. The van der Waals surface area contributed by atoms with Crippen molar-refractivity contribution in [2.75, 3.05) is 19.6 Å². The molecule has 156 valence electrons. The van der Waals surface area contributed by atoms with Crippen LogP contribution in [0, 0.1) is 5.92 Å². The van der Waals surface area contributed by atoms with Crippen LogP contribution < -0.4 is 0 Å². The van der Waals surface area contributed by atoms with Crippen molar-refractivity contribution < 1.29 is 4.79 Å². The number of hydrogen-bond donors (Lipinski definition) is 0. The summed E-state index contributed by atoms with van der Waals surface area (Å²) in [4.78, 5) is 21.4. The van der Waals surface area contributed by atoms with Gasteiger partial charge < -0.3 is 9.47 Å². The van der Waals surface area contributed by atoms with E-state index in [2.05, 4.69) is 50.6 Å². The van der Waals surface area contributed by atoms with Crippen molar-refractivity contribution in [3.8, 4) is 0 Å². The van der Waals surface area contributed by atoms with Gasteiger partial charge in [-0.2, -0.15) is 0 Å². The van der Waals surface area contributed by atoms with Gasteiger partial charge in [0.2, 0.25) is 5.91 Å². The van der Waals surface area contributed by atoms with Crippen molar-refractivity contribution in [1.82, 2.24) is 29.5 Å². The molecule has 2 aliphatic rings. The van der Waals surface area contributed by atoms with Crippen LogP contribution in [0.4, 0.5) is 0 Å². The van der Waals surface area contributed by atoms with Crippen molar-refractivity contribution >= 4 is 5.91 Å². The number of amides is 1. The molecule has 2 aliphatic heterocycles. The number of hydrogen-bond acceptors (Lipinski definition) is 5. The highest BCUT2D eigenvalue weighted by molar-refractivity contribution is 5.78. The molecule has 0 spiro atoms. The smallest absolute Gasteiger partial charge is 0.226 e. The second-order valence-electron chi connectivity index (χ2n) is 8.33. The molecule has 0 aliphatic carbocycles. The van der Waals surface area contributed by atoms with Gasteiger partial charge in [-0.3, -0.25) is 14.7 Å². The van der Waals surface area contributed by atoms with Crippen LogP contribution in [0.5, 0.6) is 0 Å². The van der Waals surface area contributed by atoms with Gasteiger partial charge in [0.05, 0.1) is 6.54 Å². The lowest BCUT2D eigenvalue weighted by molar-refractivity contribution is -0.137. The number of carbonyl (C=O) groups excluding carboxylic acids is 1. The van der Waals surface area contributed by atoms with Crippen LogP contribution in [0.25, 0.3) is 0 Å². The molecular formula is C22H32N6O. The molecule has 1 saturated heterocycles. The molecule has 7 nitrogen and oxygen atoms in total. The van der Waals surface area contributed by atoms with Gasteiger partial charge in [-0.1, -0.05) is 13.8 Å². The predicted octanol–water partition coefficient (Wildman–Crippen LogP) is 2.83. The molecule has 0 radical (unpaired) electrons. The first kappa shape index (κ1) is 20.0. The van der Waals surface area contributed by atoms with Crippen LogP contribution in [0.15, 0.2) is 24.5 Å². The highest BCUT2D eigenvalue weighted by Gasteiger charge is 2.31. The third-order valence-corrected chi connectivity index (χ3v) is 6.45. The molecule has 0 N–H and O–H groups in total. The summed E-state index contributed by atoms with van der Waals surface area (Å²) in [6, 6.07) is 4.18. The van der Waals surface area contributed by atoms with Crippen molar-refractivity contribution in [3.63, 3.8) is 0 Å². The first-order chi connectivity index (χ1) is 14.2.